The lowest BCUT2D eigenvalue weighted by molar-refractivity contribution is 1.44. The first-order chi connectivity index (χ1) is 9.22. The highest BCUT2D eigenvalue weighted by molar-refractivity contribution is 5.95. The summed E-state index contributed by atoms with van der Waals surface area (Å²) in [6.45, 7) is 4.24. The summed E-state index contributed by atoms with van der Waals surface area (Å²) in [4.78, 5) is 0. The molecule has 0 amide bonds. The van der Waals surface area contributed by atoms with Crippen LogP contribution in [0, 0.1) is 20.3 Å². The maximum Gasteiger partial charge on any atom is 0.0211 e. The van der Waals surface area contributed by atoms with Gasteiger partial charge in [0.05, 0.1) is 0 Å². The van der Waals surface area contributed by atoms with E-state index in [4.69, 9.17) is 0 Å². The fraction of sp³-hybridized carbons (Fsp3) is 0.105. The zero-order valence-corrected chi connectivity index (χ0v) is 11.4. The van der Waals surface area contributed by atoms with E-state index in [2.05, 4.69) is 81.0 Å². The largest absolute Gasteiger partial charge is 0.0587 e. The maximum atomic E-state index is 2.26. The van der Waals surface area contributed by atoms with Crippen molar-refractivity contribution in [3.8, 4) is 0 Å². The summed E-state index contributed by atoms with van der Waals surface area (Å²) in [5, 5.41) is 0. The highest BCUT2D eigenvalue weighted by atomic mass is 14.2. The van der Waals surface area contributed by atoms with E-state index in [1.54, 1.807) is 0 Å². The molecule has 0 unspecified atom stereocenters. The topological polar surface area (TPSA) is 0 Å². The lowest BCUT2D eigenvalue weighted by atomic mass is 9.98. The number of rotatable bonds is 2. The van der Waals surface area contributed by atoms with Crippen LogP contribution in [0.3, 0.4) is 0 Å². The van der Waals surface area contributed by atoms with E-state index in [1.165, 1.54) is 33.4 Å². The van der Waals surface area contributed by atoms with Crippen molar-refractivity contribution in [2.75, 3.05) is 0 Å². The Morgan fingerprint density at radius 3 is 1.26 bits per heavy atom. The summed E-state index contributed by atoms with van der Waals surface area (Å²) in [6.07, 6.45) is 6.65. The molecule has 1 aliphatic carbocycles. The van der Waals surface area contributed by atoms with Crippen molar-refractivity contribution < 1.29 is 0 Å². The van der Waals surface area contributed by atoms with Gasteiger partial charge in [0.1, 0.15) is 0 Å². The van der Waals surface area contributed by atoms with Crippen molar-refractivity contribution in [1.29, 1.82) is 0 Å². The molecule has 0 heterocycles. The predicted octanol–water partition coefficient (Wildman–Crippen LogP) is 4.99. The predicted molar refractivity (Wildman–Crippen MR) is 82.6 cm³/mol. The first-order valence-corrected chi connectivity index (χ1v) is 6.63. The zero-order chi connectivity index (χ0) is 13.2. The monoisotopic (exact) mass is 245 g/mol. The van der Waals surface area contributed by atoms with Crippen molar-refractivity contribution in [3.63, 3.8) is 0 Å². The van der Waals surface area contributed by atoms with Crippen LogP contribution in [0.4, 0.5) is 0 Å². The molecule has 0 fully saturated rings. The van der Waals surface area contributed by atoms with Gasteiger partial charge >= 0.3 is 0 Å². The Morgan fingerprint density at radius 2 is 0.895 bits per heavy atom. The third-order valence-corrected chi connectivity index (χ3v) is 3.52. The van der Waals surface area contributed by atoms with Crippen molar-refractivity contribution >= 4 is 11.1 Å². The normalized spacial score (nSPS) is 14.2. The fourth-order valence-corrected chi connectivity index (χ4v) is 2.29. The average molecular weight is 245 g/mol. The van der Waals surface area contributed by atoms with Crippen molar-refractivity contribution in [1.82, 2.24) is 0 Å². The zero-order valence-electron chi connectivity index (χ0n) is 11.4. The molecule has 0 nitrogen and oxygen atoms in total. The molecule has 0 heteroatoms. The molecule has 0 atom stereocenters. The van der Waals surface area contributed by atoms with Gasteiger partial charge in [-0.25, -0.2) is 0 Å². The van der Waals surface area contributed by atoms with E-state index in [9.17, 15) is 0 Å². The summed E-state index contributed by atoms with van der Waals surface area (Å²) in [5.74, 6) is 0. The number of hydrogen-bond donors (Lipinski definition) is 0. The van der Waals surface area contributed by atoms with Crippen LogP contribution in [0.25, 0.3) is 11.1 Å². The van der Waals surface area contributed by atoms with Crippen molar-refractivity contribution in [3.05, 3.63) is 89.4 Å². The summed E-state index contributed by atoms with van der Waals surface area (Å²) in [7, 11) is 0. The number of benzene rings is 2. The minimum absolute atomic E-state index is 1.28. The van der Waals surface area contributed by atoms with Crippen LogP contribution in [0.15, 0.2) is 60.7 Å². The average Bonchev–Trinajstić information content (AvgIpc) is 2.90. The number of aryl methyl sites for hydroxylation is 2. The first-order valence-electron chi connectivity index (χ1n) is 6.63. The molecule has 93 valence electrons. The molecule has 19 heavy (non-hydrogen) atoms. The molecular formula is C19H17. The van der Waals surface area contributed by atoms with Gasteiger partial charge in [0.15, 0.2) is 0 Å². The lowest BCUT2D eigenvalue weighted by Gasteiger charge is -2.06. The molecule has 0 saturated carbocycles. The maximum absolute atomic E-state index is 2.26. The molecule has 1 radical (unpaired) electrons. The van der Waals surface area contributed by atoms with Gasteiger partial charge in [0.25, 0.3) is 0 Å². The van der Waals surface area contributed by atoms with E-state index in [1.807, 2.05) is 0 Å². The van der Waals surface area contributed by atoms with Crippen LogP contribution in [0.1, 0.15) is 22.3 Å². The Morgan fingerprint density at radius 1 is 0.526 bits per heavy atom. The molecule has 0 aliphatic heterocycles. The van der Waals surface area contributed by atoms with Gasteiger partial charge in [-0.3, -0.25) is 0 Å². The van der Waals surface area contributed by atoms with Gasteiger partial charge in [0, 0.05) is 6.42 Å². The highest BCUT2D eigenvalue weighted by Crippen LogP contribution is 2.32. The van der Waals surface area contributed by atoms with Crippen LogP contribution in [-0.2, 0) is 0 Å². The SMILES string of the molecule is Cc1ccc(C2=CC=C(c3ccc(C)cc3)[CH]2)cc1. The molecule has 1 aliphatic rings. The van der Waals surface area contributed by atoms with Crippen LogP contribution < -0.4 is 0 Å². The second-order valence-electron chi connectivity index (χ2n) is 5.12. The van der Waals surface area contributed by atoms with Gasteiger partial charge < -0.3 is 0 Å². The smallest absolute Gasteiger partial charge is 0.0211 e. The van der Waals surface area contributed by atoms with Crippen LogP contribution >= 0.6 is 0 Å². The van der Waals surface area contributed by atoms with E-state index in [0.717, 1.165) is 0 Å². The Kier molecular flexibility index (Phi) is 3.08. The minimum Gasteiger partial charge on any atom is -0.0587 e. The van der Waals surface area contributed by atoms with E-state index in [-0.39, 0.29) is 0 Å². The van der Waals surface area contributed by atoms with E-state index < -0.39 is 0 Å². The molecule has 0 aromatic heterocycles. The summed E-state index contributed by atoms with van der Waals surface area (Å²) >= 11 is 0. The van der Waals surface area contributed by atoms with E-state index in [0.29, 0.717) is 0 Å². The third kappa shape index (κ3) is 2.53. The molecule has 0 bridgehead atoms. The molecule has 0 spiro atoms. The molecule has 0 saturated heterocycles. The lowest BCUT2D eigenvalue weighted by Crippen LogP contribution is -1.86. The molecule has 2 aromatic rings. The molecule has 2 aromatic carbocycles. The highest BCUT2D eigenvalue weighted by Gasteiger charge is 2.12. The Hall–Kier alpha value is -2.08. The van der Waals surface area contributed by atoms with Gasteiger partial charge in [-0.15, -0.1) is 0 Å². The first kappa shape index (κ1) is 12.0. The summed E-state index contributed by atoms with van der Waals surface area (Å²) in [5.41, 5.74) is 7.74. The quantitative estimate of drug-likeness (QED) is 0.699. The van der Waals surface area contributed by atoms with Gasteiger partial charge in [0.2, 0.25) is 0 Å². The standard InChI is InChI=1S/C19H17/c1-14-3-7-16(8-4-14)18-11-12-19(13-18)17-9-5-15(2)6-10-17/h3-13H,1-2H3. The number of hydrogen-bond acceptors (Lipinski definition) is 0. The fourth-order valence-electron chi connectivity index (χ4n) is 2.29. The second kappa shape index (κ2) is 4.89. The Labute approximate surface area is 115 Å². The van der Waals surface area contributed by atoms with Crippen LogP contribution in [-0.4, -0.2) is 0 Å². The summed E-state index contributed by atoms with van der Waals surface area (Å²) in [6, 6.07) is 17.4. The van der Waals surface area contributed by atoms with Crippen molar-refractivity contribution in [2.45, 2.75) is 13.8 Å². The van der Waals surface area contributed by atoms with Crippen LogP contribution in [0.5, 0.6) is 0 Å². The minimum atomic E-state index is 1.28. The Bertz CT molecular complexity index is 578. The third-order valence-electron chi connectivity index (χ3n) is 3.52. The molecular weight excluding hydrogens is 228 g/mol. The second-order valence-corrected chi connectivity index (χ2v) is 5.12. The van der Waals surface area contributed by atoms with Gasteiger partial charge in [-0.1, -0.05) is 71.8 Å². The summed E-state index contributed by atoms with van der Waals surface area (Å²) < 4.78 is 0. The number of allylic oxidation sites excluding steroid dienone is 4. The Balaban J connectivity index is 1.78. The molecule has 3 rings (SSSR count). The van der Waals surface area contributed by atoms with Crippen molar-refractivity contribution in [2.24, 2.45) is 0 Å². The molecule has 0 N–H and O–H groups in total. The van der Waals surface area contributed by atoms with E-state index >= 15 is 0 Å². The van der Waals surface area contributed by atoms with Gasteiger partial charge in [-0.2, -0.15) is 0 Å². The van der Waals surface area contributed by atoms with Crippen LogP contribution in [0.2, 0.25) is 0 Å². The van der Waals surface area contributed by atoms with Gasteiger partial charge in [-0.05, 0) is 36.1 Å².